The van der Waals surface area contributed by atoms with Gasteiger partial charge in [0.2, 0.25) is 0 Å². The maximum Gasteiger partial charge on any atom is 3.00 e. The van der Waals surface area contributed by atoms with Crippen molar-refractivity contribution in [2.24, 2.45) is 0 Å². The molecule has 4 aromatic carbocycles. The first-order chi connectivity index (χ1) is 15.8. The Kier molecular flexibility index (Phi) is 7.24. The molecule has 2 heterocycles. The van der Waals surface area contributed by atoms with Gasteiger partial charge in [-0.15, -0.1) is 88.4 Å². The van der Waals surface area contributed by atoms with Crippen molar-refractivity contribution in [3.63, 3.8) is 0 Å². The second-order valence-electron chi connectivity index (χ2n) is 7.24. The van der Waals surface area contributed by atoms with Crippen molar-refractivity contribution in [1.29, 1.82) is 0 Å². The molecule has 0 aliphatic heterocycles. The third-order valence-corrected chi connectivity index (χ3v) is 5.33. The van der Waals surface area contributed by atoms with Crippen LogP contribution in [0.5, 0.6) is 0 Å². The van der Waals surface area contributed by atoms with E-state index >= 15 is 0 Å². The van der Waals surface area contributed by atoms with Crippen LogP contribution in [0.15, 0.2) is 109 Å². The quantitative estimate of drug-likeness (QED) is 0.185. The fourth-order valence-electron chi connectivity index (χ4n) is 3.61. The first-order valence-electron chi connectivity index (χ1n) is 10.3. The van der Waals surface area contributed by atoms with Crippen molar-refractivity contribution >= 4 is 33.4 Å². The Labute approximate surface area is 208 Å². The minimum atomic E-state index is 0. The summed E-state index contributed by atoms with van der Waals surface area (Å²) in [5, 5.41) is 3.09. The fourth-order valence-corrected chi connectivity index (χ4v) is 3.78. The van der Waals surface area contributed by atoms with Crippen LogP contribution in [0.4, 0.5) is 0 Å². The molecule has 0 bridgehead atoms. The summed E-state index contributed by atoms with van der Waals surface area (Å²) in [6, 6.07) is 42.1. The van der Waals surface area contributed by atoms with Gasteiger partial charge >= 0.3 is 16.5 Å². The molecule has 0 fully saturated rings. The van der Waals surface area contributed by atoms with Gasteiger partial charge in [-0.2, -0.15) is 0 Å². The normalized spacial score (nSPS) is 10.3. The van der Waals surface area contributed by atoms with Crippen molar-refractivity contribution in [3.8, 4) is 22.5 Å². The molecule has 0 amide bonds. The van der Waals surface area contributed by atoms with Crippen LogP contribution in [-0.2, 0) is 16.5 Å². The van der Waals surface area contributed by atoms with E-state index in [0.717, 1.165) is 33.5 Å². The van der Waals surface area contributed by atoms with Gasteiger partial charge < -0.3 is 9.97 Å². The number of benzene rings is 4. The predicted molar refractivity (Wildman–Crippen MR) is 133 cm³/mol. The van der Waals surface area contributed by atoms with Crippen LogP contribution in [0.3, 0.4) is 0 Å². The van der Waals surface area contributed by atoms with E-state index < -0.39 is 0 Å². The van der Waals surface area contributed by atoms with E-state index in [1.807, 2.05) is 66.7 Å². The largest absolute Gasteiger partial charge is 3.00 e. The average Bonchev–Trinajstić information content (AvgIpc) is 3.24. The Hall–Kier alpha value is -3.39. The Morgan fingerprint density at radius 3 is 1.82 bits per heavy atom. The minimum absolute atomic E-state index is 0. The molecular weight excluding hydrogens is 470 g/mol. The molecule has 0 saturated heterocycles. The molecule has 2 nitrogen and oxygen atoms in total. The molecule has 0 spiro atoms. The van der Waals surface area contributed by atoms with E-state index in [9.17, 15) is 0 Å². The average molecular weight is 489 g/mol. The summed E-state index contributed by atoms with van der Waals surface area (Å²) in [6.45, 7) is 0. The molecule has 0 aliphatic rings. The summed E-state index contributed by atoms with van der Waals surface area (Å²) in [7, 11) is 0. The number of nitrogens with zero attached hydrogens (tertiary/aromatic N) is 2. The first-order valence-corrected chi connectivity index (χ1v) is 10.7. The van der Waals surface area contributed by atoms with Crippen LogP contribution in [0.1, 0.15) is 0 Å². The van der Waals surface area contributed by atoms with Crippen LogP contribution < -0.4 is 4.98 Å². The van der Waals surface area contributed by atoms with Crippen LogP contribution in [-0.4, -0.2) is 4.98 Å². The van der Waals surface area contributed by atoms with E-state index in [0.29, 0.717) is 5.02 Å². The molecule has 4 heteroatoms. The molecule has 33 heavy (non-hydrogen) atoms. The molecule has 161 valence electrons. The van der Waals surface area contributed by atoms with Gasteiger partial charge in [0.05, 0.1) is 0 Å². The summed E-state index contributed by atoms with van der Waals surface area (Å²) in [4.78, 5) is 9.15. The van der Waals surface area contributed by atoms with Crippen molar-refractivity contribution < 1.29 is 16.5 Å². The number of halogens is 1. The van der Waals surface area contributed by atoms with E-state index in [1.165, 1.54) is 10.8 Å². The number of hydrogen-bond donors (Lipinski definition) is 0. The van der Waals surface area contributed by atoms with Crippen LogP contribution in [0.2, 0.25) is 5.02 Å². The zero-order chi connectivity index (χ0) is 21.8. The van der Waals surface area contributed by atoms with Gasteiger partial charge in [0.1, 0.15) is 0 Å². The molecule has 2 aromatic heterocycles. The molecule has 1 radical (unpaired) electrons. The number of pyridine rings is 1. The minimum Gasteiger partial charge on any atom is -0.657 e. The van der Waals surface area contributed by atoms with Gasteiger partial charge in [-0.05, 0) is 27.2 Å². The topological polar surface area (TPSA) is 27.0 Å². The molecule has 6 aromatic rings. The predicted octanol–water partition coefficient (Wildman–Crippen LogP) is 7.62. The van der Waals surface area contributed by atoms with Crippen molar-refractivity contribution in [2.45, 2.75) is 0 Å². The van der Waals surface area contributed by atoms with Gasteiger partial charge in [0.25, 0.3) is 0 Å². The Bertz CT molecular complexity index is 1440. The van der Waals surface area contributed by atoms with E-state index in [-0.39, 0.29) is 16.5 Å². The van der Waals surface area contributed by atoms with E-state index in [4.69, 9.17) is 11.6 Å². The standard InChI is InChI=1S/C17H10ClN.C12H8N.Ni/c18-15-9-4-8-14(12-15)17-11-5-10-16(19-17)13-6-2-1-3-7-13;1-3-7-11-9(5-1)10-6-2-4-8-12(10)13-11;/h1-6,8-11H;1-8H;/q-2;-1;+3. The van der Waals surface area contributed by atoms with E-state index in [1.54, 1.807) is 6.07 Å². The zero-order valence-corrected chi connectivity index (χ0v) is 19.2. The number of rotatable bonds is 2. The second-order valence-corrected chi connectivity index (χ2v) is 7.65. The van der Waals surface area contributed by atoms with Gasteiger partial charge in [0.15, 0.2) is 0 Å². The number of aromatic nitrogens is 2. The SMILES string of the molecule is Clc1[c-]c(-c2cccc(-c3[c-]cccc3)n2)ccc1.[Ni+3].c1ccc2c(c1)[n-]c1ccccc12. The summed E-state index contributed by atoms with van der Waals surface area (Å²) in [5.74, 6) is 0. The van der Waals surface area contributed by atoms with Crippen LogP contribution >= 0.6 is 11.6 Å². The van der Waals surface area contributed by atoms with Crippen molar-refractivity contribution in [3.05, 3.63) is 126 Å². The van der Waals surface area contributed by atoms with E-state index in [2.05, 4.69) is 58.5 Å². The third-order valence-electron chi connectivity index (χ3n) is 5.11. The van der Waals surface area contributed by atoms with Gasteiger partial charge in [-0.3, -0.25) is 0 Å². The van der Waals surface area contributed by atoms with Gasteiger partial charge in [-0.25, -0.2) is 0 Å². The molecule has 0 aliphatic carbocycles. The molecule has 0 unspecified atom stereocenters. The van der Waals surface area contributed by atoms with Gasteiger partial charge in [0, 0.05) is 0 Å². The molecule has 6 rings (SSSR count). The fraction of sp³-hybridized carbons (Fsp3) is 0. The summed E-state index contributed by atoms with van der Waals surface area (Å²) < 4.78 is 0. The number of hydrogen-bond acceptors (Lipinski definition) is 1. The maximum absolute atomic E-state index is 5.96. The molecular formula is C29H18ClN2Ni. The monoisotopic (exact) mass is 487 g/mol. The maximum atomic E-state index is 5.96. The molecule has 0 atom stereocenters. The van der Waals surface area contributed by atoms with Crippen LogP contribution in [0.25, 0.3) is 44.3 Å². The summed E-state index contributed by atoms with van der Waals surface area (Å²) in [5.41, 5.74) is 5.80. The Balaban J connectivity index is 0.000000162. The summed E-state index contributed by atoms with van der Waals surface area (Å²) >= 11 is 5.96. The molecule has 0 saturated carbocycles. The Morgan fingerprint density at radius 2 is 1.18 bits per heavy atom. The van der Waals surface area contributed by atoms with Gasteiger partial charge in [-0.1, -0.05) is 66.7 Å². The van der Waals surface area contributed by atoms with Crippen molar-refractivity contribution in [1.82, 2.24) is 9.97 Å². The first kappa shape index (κ1) is 22.8. The number of fused-ring (bicyclic) bond motifs is 3. The van der Waals surface area contributed by atoms with Crippen LogP contribution in [0, 0.1) is 12.1 Å². The van der Waals surface area contributed by atoms with Crippen molar-refractivity contribution in [2.75, 3.05) is 0 Å². The molecule has 0 N–H and O–H groups in total. The Morgan fingerprint density at radius 1 is 0.606 bits per heavy atom. The second kappa shape index (κ2) is 10.5. The zero-order valence-electron chi connectivity index (χ0n) is 17.5. The summed E-state index contributed by atoms with van der Waals surface area (Å²) in [6.07, 6.45) is 0. The third kappa shape index (κ3) is 5.17. The number of para-hydroxylation sites is 2. The smallest absolute Gasteiger partial charge is 0.657 e.